The molecule has 0 aromatic heterocycles. The standard InChI is InChI=1S/C15H19BrFN3/c1-2-15(10-18)20-5-3-19(4-6-20)11-12-7-13(16)9-14(17)8-12/h7-9,15H,2-6,11H2,1H3. The molecule has 1 fully saturated rings. The van der Waals surface area contributed by atoms with Crippen molar-refractivity contribution in [1.82, 2.24) is 9.80 Å². The Morgan fingerprint density at radius 1 is 1.30 bits per heavy atom. The molecule has 0 aliphatic carbocycles. The molecule has 108 valence electrons. The van der Waals surface area contributed by atoms with E-state index in [0.717, 1.165) is 49.2 Å². The first-order chi connectivity index (χ1) is 9.62. The van der Waals surface area contributed by atoms with Crippen LogP contribution in [0.1, 0.15) is 18.9 Å². The zero-order chi connectivity index (χ0) is 14.5. The van der Waals surface area contributed by atoms with Crippen molar-refractivity contribution in [1.29, 1.82) is 5.26 Å². The molecule has 0 amide bonds. The van der Waals surface area contributed by atoms with Gasteiger partial charge in [-0.05, 0) is 30.2 Å². The third kappa shape index (κ3) is 4.02. The molecule has 1 saturated heterocycles. The van der Waals surface area contributed by atoms with E-state index in [-0.39, 0.29) is 11.9 Å². The number of nitriles is 1. The van der Waals surface area contributed by atoms with Gasteiger partial charge in [0, 0.05) is 37.2 Å². The Labute approximate surface area is 128 Å². The van der Waals surface area contributed by atoms with Crippen LogP contribution in [0.15, 0.2) is 22.7 Å². The SMILES string of the molecule is CCC(C#N)N1CCN(Cc2cc(F)cc(Br)c2)CC1. The Bertz CT molecular complexity index is 472. The monoisotopic (exact) mass is 339 g/mol. The van der Waals surface area contributed by atoms with Gasteiger partial charge in [0.1, 0.15) is 5.82 Å². The number of nitrogens with zero attached hydrogens (tertiary/aromatic N) is 3. The van der Waals surface area contributed by atoms with Crippen LogP contribution in [0, 0.1) is 17.1 Å². The number of rotatable bonds is 4. The van der Waals surface area contributed by atoms with Crippen LogP contribution in [0.4, 0.5) is 4.39 Å². The van der Waals surface area contributed by atoms with Crippen LogP contribution >= 0.6 is 15.9 Å². The highest BCUT2D eigenvalue weighted by Gasteiger charge is 2.22. The molecule has 0 radical (unpaired) electrons. The zero-order valence-electron chi connectivity index (χ0n) is 11.6. The first-order valence-corrected chi connectivity index (χ1v) is 7.72. The van der Waals surface area contributed by atoms with E-state index < -0.39 is 0 Å². The van der Waals surface area contributed by atoms with Crippen LogP contribution in [0.3, 0.4) is 0 Å². The van der Waals surface area contributed by atoms with Gasteiger partial charge in [-0.2, -0.15) is 5.26 Å². The van der Waals surface area contributed by atoms with Crippen LogP contribution in [-0.4, -0.2) is 42.0 Å². The molecule has 5 heteroatoms. The van der Waals surface area contributed by atoms with E-state index in [9.17, 15) is 4.39 Å². The first kappa shape index (κ1) is 15.4. The Morgan fingerprint density at radius 3 is 2.55 bits per heavy atom. The molecule has 1 heterocycles. The number of piperazine rings is 1. The molecule has 3 nitrogen and oxygen atoms in total. The summed E-state index contributed by atoms with van der Waals surface area (Å²) in [7, 11) is 0. The predicted molar refractivity (Wildman–Crippen MR) is 80.6 cm³/mol. The largest absolute Gasteiger partial charge is 0.297 e. The van der Waals surface area contributed by atoms with E-state index in [2.05, 4.69) is 31.8 Å². The molecule has 0 saturated carbocycles. The first-order valence-electron chi connectivity index (χ1n) is 6.93. The minimum atomic E-state index is -0.205. The van der Waals surface area contributed by atoms with Crippen molar-refractivity contribution in [3.8, 4) is 6.07 Å². The fourth-order valence-electron chi connectivity index (χ4n) is 2.62. The summed E-state index contributed by atoms with van der Waals surface area (Å²) >= 11 is 3.32. The highest BCUT2D eigenvalue weighted by Crippen LogP contribution is 2.17. The van der Waals surface area contributed by atoms with Gasteiger partial charge in [-0.3, -0.25) is 9.80 Å². The molecular weight excluding hydrogens is 321 g/mol. The van der Waals surface area contributed by atoms with Gasteiger partial charge in [0.25, 0.3) is 0 Å². The molecular formula is C15H19BrFN3. The maximum Gasteiger partial charge on any atom is 0.124 e. The van der Waals surface area contributed by atoms with E-state index in [1.807, 2.05) is 13.0 Å². The molecule has 1 aromatic carbocycles. The van der Waals surface area contributed by atoms with Crippen LogP contribution in [0.5, 0.6) is 0 Å². The minimum Gasteiger partial charge on any atom is -0.297 e. The Hall–Kier alpha value is -0.960. The quantitative estimate of drug-likeness (QED) is 0.844. The Kier molecular flexibility index (Phi) is 5.53. The van der Waals surface area contributed by atoms with E-state index in [4.69, 9.17) is 5.26 Å². The topological polar surface area (TPSA) is 30.3 Å². The Morgan fingerprint density at radius 2 is 2.00 bits per heavy atom. The van der Waals surface area contributed by atoms with Gasteiger partial charge in [-0.25, -0.2) is 4.39 Å². The molecule has 1 unspecified atom stereocenters. The minimum absolute atomic E-state index is 0.0282. The van der Waals surface area contributed by atoms with Crippen molar-refractivity contribution in [2.24, 2.45) is 0 Å². The number of benzene rings is 1. The second kappa shape index (κ2) is 7.16. The van der Waals surface area contributed by atoms with Crippen molar-refractivity contribution in [2.45, 2.75) is 25.9 Å². The second-order valence-electron chi connectivity index (χ2n) is 5.14. The molecule has 2 rings (SSSR count). The van der Waals surface area contributed by atoms with Gasteiger partial charge < -0.3 is 0 Å². The fraction of sp³-hybridized carbons (Fsp3) is 0.533. The van der Waals surface area contributed by atoms with Gasteiger partial charge in [0.2, 0.25) is 0 Å². The average molecular weight is 340 g/mol. The van der Waals surface area contributed by atoms with Gasteiger partial charge in [0.15, 0.2) is 0 Å². The summed E-state index contributed by atoms with van der Waals surface area (Å²) < 4.78 is 14.1. The highest BCUT2D eigenvalue weighted by atomic mass is 79.9. The lowest BCUT2D eigenvalue weighted by molar-refractivity contribution is 0.108. The van der Waals surface area contributed by atoms with Crippen molar-refractivity contribution in [2.75, 3.05) is 26.2 Å². The summed E-state index contributed by atoms with van der Waals surface area (Å²) in [6, 6.07) is 7.40. The maximum atomic E-state index is 13.3. The van der Waals surface area contributed by atoms with Crippen molar-refractivity contribution >= 4 is 15.9 Å². The van der Waals surface area contributed by atoms with Gasteiger partial charge in [-0.15, -0.1) is 0 Å². The molecule has 1 aliphatic heterocycles. The van der Waals surface area contributed by atoms with Crippen molar-refractivity contribution in [3.05, 3.63) is 34.1 Å². The van der Waals surface area contributed by atoms with E-state index in [1.165, 1.54) is 6.07 Å². The molecule has 1 aromatic rings. The zero-order valence-corrected chi connectivity index (χ0v) is 13.2. The molecule has 0 N–H and O–H groups in total. The molecule has 20 heavy (non-hydrogen) atoms. The number of hydrogen-bond acceptors (Lipinski definition) is 3. The normalized spacial score (nSPS) is 18.7. The van der Waals surface area contributed by atoms with Gasteiger partial charge in [-0.1, -0.05) is 22.9 Å². The summed E-state index contributed by atoms with van der Waals surface area (Å²) in [5.41, 5.74) is 0.984. The van der Waals surface area contributed by atoms with Crippen LogP contribution < -0.4 is 0 Å². The molecule has 1 aliphatic rings. The van der Waals surface area contributed by atoms with Crippen LogP contribution in [0.2, 0.25) is 0 Å². The third-order valence-corrected chi connectivity index (χ3v) is 4.17. The third-order valence-electron chi connectivity index (χ3n) is 3.71. The molecule has 0 spiro atoms. The van der Waals surface area contributed by atoms with E-state index in [1.54, 1.807) is 6.07 Å². The summed E-state index contributed by atoms with van der Waals surface area (Å²) in [6.07, 6.45) is 0.868. The van der Waals surface area contributed by atoms with Gasteiger partial charge >= 0.3 is 0 Å². The lowest BCUT2D eigenvalue weighted by Crippen LogP contribution is -2.49. The summed E-state index contributed by atoms with van der Waals surface area (Å²) in [5.74, 6) is -0.205. The van der Waals surface area contributed by atoms with Crippen LogP contribution in [-0.2, 0) is 6.54 Å². The highest BCUT2D eigenvalue weighted by molar-refractivity contribution is 9.10. The maximum absolute atomic E-state index is 13.3. The fourth-order valence-corrected chi connectivity index (χ4v) is 3.14. The second-order valence-corrected chi connectivity index (χ2v) is 6.06. The van der Waals surface area contributed by atoms with E-state index in [0.29, 0.717) is 0 Å². The van der Waals surface area contributed by atoms with E-state index >= 15 is 0 Å². The van der Waals surface area contributed by atoms with Crippen LogP contribution in [0.25, 0.3) is 0 Å². The van der Waals surface area contributed by atoms with Crippen molar-refractivity contribution in [3.63, 3.8) is 0 Å². The van der Waals surface area contributed by atoms with Crippen molar-refractivity contribution < 1.29 is 4.39 Å². The number of halogens is 2. The Balaban J connectivity index is 1.90. The molecule has 1 atom stereocenters. The number of hydrogen-bond donors (Lipinski definition) is 0. The van der Waals surface area contributed by atoms with Gasteiger partial charge in [0.05, 0.1) is 12.1 Å². The molecule has 0 bridgehead atoms. The average Bonchev–Trinajstić information content (AvgIpc) is 2.41. The summed E-state index contributed by atoms with van der Waals surface area (Å²) in [5, 5.41) is 9.09. The summed E-state index contributed by atoms with van der Waals surface area (Å²) in [6.45, 7) is 6.46. The lowest BCUT2D eigenvalue weighted by Gasteiger charge is -2.36. The smallest absolute Gasteiger partial charge is 0.124 e. The summed E-state index contributed by atoms with van der Waals surface area (Å²) in [4.78, 5) is 4.54. The lowest BCUT2D eigenvalue weighted by atomic mass is 10.1. The predicted octanol–water partition coefficient (Wildman–Crippen LogP) is 3.01.